The molecule has 0 radical (unpaired) electrons. The minimum atomic E-state index is -1.11. The van der Waals surface area contributed by atoms with E-state index in [1.807, 2.05) is 30.3 Å². The predicted molar refractivity (Wildman–Crippen MR) is 81.2 cm³/mol. The molecule has 5 heteroatoms. The van der Waals surface area contributed by atoms with Crippen LogP contribution in [0.4, 0.5) is 4.79 Å². The van der Waals surface area contributed by atoms with Crippen molar-refractivity contribution in [1.29, 1.82) is 0 Å². The van der Waals surface area contributed by atoms with Gasteiger partial charge in [0.25, 0.3) is 0 Å². The quantitative estimate of drug-likeness (QED) is 0.921. The lowest BCUT2D eigenvalue weighted by atomic mass is 10.1. The van der Waals surface area contributed by atoms with Crippen LogP contribution < -0.4 is 0 Å². The van der Waals surface area contributed by atoms with E-state index in [0.29, 0.717) is 5.56 Å². The standard InChI is InChI=1S/C17H17NO4/c1-18(15(16(19)20)14-10-6-3-7-11-14)17(21)22-12-13-8-4-2-5-9-13/h2-11,15H,12H2,1H3,(H,19,20)/t15-/m0/s1. The first kappa shape index (κ1) is 15.6. The summed E-state index contributed by atoms with van der Waals surface area (Å²) < 4.78 is 5.17. The number of aliphatic carboxylic acids is 1. The topological polar surface area (TPSA) is 66.8 Å². The lowest BCUT2D eigenvalue weighted by Crippen LogP contribution is -2.36. The number of hydrogen-bond acceptors (Lipinski definition) is 3. The van der Waals surface area contributed by atoms with Gasteiger partial charge in [-0.15, -0.1) is 0 Å². The maximum atomic E-state index is 12.1. The fourth-order valence-corrected chi connectivity index (χ4v) is 2.09. The molecule has 0 heterocycles. The molecule has 0 saturated heterocycles. The Labute approximate surface area is 128 Å². The molecule has 0 aliphatic rings. The Bertz CT molecular complexity index is 628. The Balaban J connectivity index is 2.05. The van der Waals surface area contributed by atoms with Gasteiger partial charge in [0.15, 0.2) is 6.04 Å². The Morgan fingerprint density at radius 1 is 1.05 bits per heavy atom. The molecule has 0 bridgehead atoms. The summed E-state index contributed by atoms with van der Waals surface area (Å²) in [6, 6.07) is 16.7. The maximum absolute atomic E-state index is 12.1. The molecule has 0 saturated carbocycles. The summed E-state index contributed by atoms with van der Waals surface area (Å²) in [6.45, 7) is 0.102. The van der Waals surface area contributed by atoms with Gasteiger partial charge in [-0.05, 0) is 11.1 Å². The third kappa shape index (κ3) is 3.85. The van der Waals surface area contributed by atoms with E-state index in [1.54, 1.807) is 30.3 Å². The molecule has 114 valence electrons. The van der Waals surface area contributed by atoms with Crippen LogP contribution >= 0.6 is 0 Å². The van der Waals surface area contributed by atoms with E-state index in [2.05, 4.69) is 0 Å². The van der Waals surface area contributed by atoms with Crippen LogP contribution in [0, 0.1) is 0 Å². The number of carbonyl (C=O) groups is 2. The van der Waals surface area contributed by atoms with Crippen LogP contribution in [0.5, 0.6) is 0 Å². The molecule has 2 aromatic rings. The van der Waals surface area contributed by atoms with Gasteiger partial charge in [0, 0.05) is 7.05 Å². The van der Waals surface area contributed by atoms with Crippen molar-refractivity contribution in [3.05, 3.63) is 71.8 Å². The average molecular weight is 299 g/mol. The Hall–Kier alpha value is -2.82. The third-order valence-corrected chi connectivity index (χ3v) is 3.23. The molecule has 0 aromatic heterocycles. The van der Waals surface area contributed by atoms with Crippen LogP contribution in [0.3, 0.4) is 0 Å². The molecule has 0 aliphatic heterocycles. The minimum Gasteiger partial charge on any atom is -0.479 e. The van der Waals surface area contributed by atoms with Gasteiger partial charge >= 0.3 is 12.1 Å². The van der Waals surface area contributed by atoms with Crippen molar-refractivity contribution in [3.63, 3.8) is 0 Å². The molecular formula is C17H17NO4. The van der Waals surface area contributed by atoms with Gasteiger partial charge in [0.1, 0.15) is 6.61 Å². The molecule has 22 heavy (non-hydrogen) atoms. The van der Waals surface area contributed by atoms with Crippen molar-refractivity contribution >= 4 is 12.1 Å². The molecule has 2 aromatic carbocycles. The number of ether oxygens (including phenoxy) is 1. The zero-order valence-electron chi connectivity index (χ0n) is 12.2. The van der Waals surface area contributed by atoms with Gasteiger partial charge in [-0.2, -0.15) is 0 Å². The van der Waals surface area contributed by atoms with Gasteiger partial charge in [0.05, 0.1) is 0 Å². The minimum absolute atomic E-state index is 0.102. The average Bonchev–Trinajstić information content (AvgIpc) is 2.54. The molecule has 0 aliphatic carbocycles. The monoisotopic (exact) mass is 299 g/mol. The summed E-state index contributed by atoms with van der Waals surface area (Å²) in [5.41, 5.74) is 1.37. The zero-order valence-corrected chi connectivity index (χ0v) is 12.2. The van der Waals surface area contributed by atoms with Crippen LogP contribution in [0.25, 0.3) is 0 Å². The van der Waals surface area contributed by atoms with Gasteiger partial charge in [0.2, 0.25) is 0 Å². The highest BCUT2D eigenvalue weighted by Gasteiger charge is 2.29. The summed E-state index contributed by atoms with van der Waals surface area (Å²) in [7, 11) is 1.42. The van der Waals surface area contributed by atoms with Crippen LogP contribution in [-0.4, -0.2) is 29.1 Å². The molecule has 1 atom stereocenters. The van der Waals surface area contributed by atoms with Crippen LogP contribution in [0.15, 0.2) is 60.7 Å². The second kappa shape index (κ2) is 7.26. The Morgan fingerprint density at radius 3 is 2.14 bits per heavy atom. The number of hydrogen-bond donors (Lipinski definition) is 1. The predicted octanol–water partition coefficient (Wildman–Crippen LogP) is 3.08. The van der Waals surface area contributed by atoms with Crippen molar-refractivity contribution < 1.29 is 19.4 Å². The van der Waals surface area contributed by atoms with Crippen LogP contribution in [-0.2, 0) is 16.1 Å². The van der Waals surface area contributed by atoms with E-state index in [9.17, 15) is 14.7 Å². The second-order valence-electron chi connectivity index (χ2n) is 4.80. The third-order valence-electron chi connectivity index (χ3n) is 3.23. The fourth-order valence-electron chi connectivity index (χ4n) is 2.09. The number of carboxylic acids is 1. The first-order chi connectivity index (χ1) is 10.6. The highest BCUT2D eigenvalue weighted by Crippen LogP contribution is 2.20. The number of carbonyl (C=O) groups excluding carboxylic acids is 1. The van der Waals surface area contributed by atoms with Crippen molar-refractivity contribution in [2.75, 3.05) is 7.05 Å². The van der Waals surface area contributed by atoms with Crippen LogP contribution in [0.1, 0.15) is 17.2 Å². The molecule has 0 fully saturated rings. The van der Waals surface area contributed by atoms with Gasteiger partial charge in [-0.1, -0.05) is 60.7 Å². The number of rotatable bonds is 5. The van der Waals surface area contributed by atoms with Crippen LogP contribution in [0.2, 0.25) is 0 Å². The number of nitrogens with zero attached hydrogens (tertiary/aromatic N) is 1. The van der Waals surface area contributed by atoms with E-state index in [-0.39, 0.29) is 6.61 Å². The van der Waals surface area contributed by atoms with Crippen molar-refractivity contribution in [1.82, 2.24) is 4.90 Å². The highest BCUT2D eigenvalue weighted by atomic mass is 16.6. The van der Waals surface area contributed by atoms with E-state index >= 15 is 0 Å². The SMILES string of the molecule is CN(C(=O)OCc1ccccc1)[C@H](C(=O)O)c1ccccc1. The first-order valence-corrected chi connectivity index (χ1v) is 6.81. The summed E-state index contributed by atoms with van der Waals surface area (Å²) in [5, 5.41) is 9.38. The van der Waals surface area contributed by atoms with Crippen molar-refractivity contribution in [2.45, 2.75) is 12.6 Å². The lowest BCUT2D eigenvalue weighted by Gasteiger charge is -2.24. The second-order valence-corrected chi connectivity index (χ2v) is 4.80. The molecule has 1 N–H and O–H groups in total. The number of amides is 1. The summed E-state index contributed by atoms with van der Waals surface area (Å²) in [4.78, 5) is 24.6. The molecule has 0 spiro atoms. The molecule has 0 unspecified atom stereocenters. The van der Waals surface area contributed by atoms with Gasteiger partial charge in [-0.25, -0.2) is 9.59 Å². The summed E-state index contributed by atoms with van der Waals surface area (Å²) >= 11 is 0. The zero-order chi connectivity index (χ0) is 15.9. The van der Waals surface area contributed by atoms with E-state index in [0.717, 1.165) is 10.5 Å². The molecular weight excluding hydrogens is 282 g/mol. The van der Waals surface area contributed by atoms with Crippen molar-refractivity contribution in [2.24, 2.45) is 0 Å². The van der Waals surface area contributed by atoms with Gasteiger partial charge < -0.3 is 9.84 Å². The lowest BCUT2D eigenvalue weighted by molar-refractivity contribution is -0.142. The normalized spacial score (nSPS) is 11.5. The van der Waals surface area contributed by atoms with Gasteiger partial charge in [-0.3, -0.25) is 4.90 Å². The van der Waals surface area contributed by atoms with E-state index in [4.69, 9.17) is 4.74 Å². The van der Waals surface area contributed by atoms with E-state index < -0.39 is 18.1 Å². The smallest absolute Gasteiger partial charge is 0.410 e. The largest absolute Gasteiger partial charge is 0.479 e. The summed E-state index contributed by atoms with van der Waals surface area (Å²) in [6.07, 6.45) is -0.680. The molecule has 2 rings (SSSR count). The van der Waals surface area contributed by atoms with E-state index in [1.165, 1.54) is 7.05 Å². The maximum Gasteiger partial charge on any atom is 0.410 e. The Kier molecular flexibility index (Phi) is 5.14. The number of carboxylic acid groups (broad SMARTS) is 1. The number of likely N-dealkylation sites (N-methyl/N-ethyl adjacent to an activating group) is 1. The molecule has 1 amide bonds. The fraction of sp³-hybridized carbons (Fsp3) is 0.176. The van der Waals surface area contributed by atoms with Crippen molar-refractivity contribution in [3.8, 4) is 0 Å². The first-order valence-electron chi connectivity index (χ1n) is 6.81. The highest BCUT2D eigenvalue weighted by molar-refractivity contribution is 5.81. The molecule has 5 nitrogen and oxygen atoms in total. The Morgan fingerprint density at radius 2 is 1.59 bits per heavy atom. The number of benzene rings is 2. The summed E-state index contributed by atoms with van der Waals surface area (Å²) in [5.74, 6) is -1.11.